The first-order valence-electron chi connectivity index (χ1n) is 17.3. The van der Waals surface area contributed by atoms with E-state index in [-0.39, 0.29) is 24.0 Å². The fraction of sp³-hybridized carbons (Fsp3) is 0.917. The third-order valence-corrected chi connectivity index (χ3v) is 9.90. The van der Waals surface area contributed by atoms with Gasteiger partial charge in [0.1, 0.15) is 0 Å². The van der Waals surface area contributed by atoms with Crippen LogP contribution in [0.25, 0.3) is 0 Å². The van der Waals surface area contributed by atoms with Gasteiger partial charge in [0.15, 0.2) is 0 Å². The Bertz CT molecular complexity index is 717. The molecule has 0 amide bonds. The van der Waals surface area contributed by atoms with Gasteiger partial charge in [-0.3, -0.25) is 4.79 Å². The number of hydrogen-bond acceptors (Lipinski definition) is 4. The van der Waals surface area contributed by atoms with Crippen molar-refractivity contribution in [2.45, 2.75) is 175 Å². The summed E-state index contributed by atoms with van der Waals surface area (Å²) in [6, 6.07) is 0. The largest absolute Gasteiger partial charge is 0.481 e. The average Bonchev–Trinajstić information content (AvgIpc) is 2.90. The third-order valence-electron chi connectivity index (χ3n) is 9.90. The zero-order valence-corrected chi connectivity index (χ0v) is 28.0. The summed E-state index contributed by atoms with van der Waals surface area (Å²) in [5.41, 5.74) is 0.623. The van der Waals surface area contributed by atoms with Crippen molar-refractivity contribution in [2.75, 3.05) is 6.61 Å². The van der Waals surface area contributed by atoms with Crippen molar-refractivity contribution in [2.24, 2.45) is 29.6 Å². The van der Waals surface area contributed by atoms with Crippen LogP contribution in [0.1, 0.15) is 158 Å². The van der Waals surface area contributed by atoms with E-state index in [0.29, 0.717) is 30.6 Å². The zero-order chi connectivity index (χ0) is 30.8. The molecule has 41 heavy (non-hydrogen) atoms. The average molecular weight is 581 g/mol. The molecule has 0 saturated heterocycles. The number of carbonyl (C=O) groups is 1. The Kier molecular flexibility index (Phi) is 19.4. The van der Waals surface area contributed by atoms with E-state index >= 15 is 0 Å². The lowest BCUT2D eigenvalue weighted by Crippen LogP contribution is -2.39. The minimum absolute atomic E-state index is 0.147. The van der Waals surface area contributed by atoms with Crippen molar-refractivity contribution >= 4 is 5.97 Å². The normalized spacial score (nSPS) is 24.9. The predicted octanol–water partition coefficient (Wildman–Crippen LogP) is 9.34. The molecule has 0 bridgehead atoms. The summed E-state index contributed by atoms with van der Waals surface area (Å²) in [5.74, 6) is 0.799. The van der Waals surface area contributed by atoms with E-state index < -0.39 is 11.6 Å². The molecule has 8 unspecified atom stereocenters. The summed E-state index contributed by atoms with van der Waals surface area (Å²) in [4.78, 5) is 11.0. The standard InChI is InChI=1S/C36H68O5/c1-8-9-10-11-12-13-25-41-34-31(6)30(5)33(37)26-32(34)22-21-28(3)18-14-17-27(2)19-15-23-36(7,40)24-16-20-29(4)35(38)39/h26-31,33-34,37,40H,8-25H2,1-7H3,(H,38,39). The minimum atomic E-state index is -0.751. The Hall–Kier alpha value is -0.910. The number of aliphatic hydroxyl groups is 2. The first kappa shape index (κ1) is 38.1. The number of carboxylic acids is 1. The summed E-state index contributed by atoms with van der Waals surface area (Å²) >= 11 is 0. The lowest BCUT2D eigenvalue weighted by atomic mass is 9.76. The molecule has 0 saturated carbocycles. The molecule has 1 aliphatic rings. The predicted molar refractivity (Wildman–Crippen MR) is 172 cm³/mol. The molecule has 0 heterocycles. The van der Waals surface area contributed by atoms with Gasteiger partial charge >= 0.3 is 5.97 Å². The quantitative estimate of drug-likeness (QED) is 0.0782. The summed E-state index contributed by atoms with van der Waals surface area (Å²) < 4.78 is 6.46. The van der Waals surface area contributed by atoms with Crippen molar-refractivity contribution in [3.05, 3.63) is 11.6 Å². The monoisotopic (exact) mass is 581 g/mol. The Morgan fingerprint density at radius 2 is 1.41 bits per heavy atom. The van der Waals surface area contributed by atoms with Crippen molar-refractivity contribution in [1.29, 1.82) is 0 Å². The smallest absolute Gasteiger partial charge is 0.306 e. The van der Waals surface area contributed by atoms with E-state index in [0.717, 1.165) is 51.6 Å². The van der Waals surface area contributed by atoms with Gasteiger partial charge in [0.2, 0.25) is 0 Å². The van der Waals surface area contributed by atoms with Crippen LogP contribution in [0.5, 0.6) is 0 Å². The fourth-order valence-electron chi connectivity index (χ4n) is 6.35. The molecular formula is C36H68O5. The highest BCUT2D eigenvalue weighted by atomic mass is 16.5. The lowest BCUT2D eigenvalue weighted by molar-refractivity contribution is -0.141. The van der Waals surface area contributed by atoms with E-state index in [1.54, 1.807) is 6.92 Å². The molecule has 5 heteroatoms. The number of carboxylic acid groups (broad SMARTS) is 1. The third kappa shape index (κ3) is 16.5. The molecule has 0 aromatic carbocycles. The van der Waals surface area contributed by atoms with Crippen LogP contribution in [-0.4, -0.2) is 45.7 Å². The summed E-state index contributed by atoms with van der Waals surface area (Å²) in [6.07, 6.45) is 20.4. The highest BCUT2D eigenvalue weighted by Gasteiger charge is 2.34. The number of aliphatic carboxylic acids is 1. The van der Waals surface area contributed by atoms with Crippen LogP contribution in [-0.2, 0) is 9.53 Å². The topological polar surface area (TPSA) is 87.0 Å². The van der Waals surface area contributed by atoms with Crippen molar-refractivity contribution < 1.29 is 24.9 Å². The molecule has 3 N–H and O–H groups in total. The molecule has 242 valence electrons. The maximum atomic E-state index is 11.0. The minimum Gasteiger partial charge on any atom is -0.481 e. The summed E-state index contributed by atoms with van der Waals surface area (Å²) in [5, 5.41) is 30.3. The van der Waals surface area contributed by atoms with Gasteiger partial charge in [-0.05, 0) is 81.1 Å². The van der Waals surface area contributed by atoms with Gasteiger partial charge in [0.25, 0.3) is 0 Å². The first-order valence-corrected chi connectivity index (χ1v) is 17.3. The van der Waals surface area contributed by atoms with Gasteiger partial charge in [-0.15, -0.1) is 0 Å². The van der Waals surface area contributed by atoms with Gasteiger partial charge in [0, 0.05) is 6.61 Å². The van der Waals surface area contributed by atoms with Gasteiger partial charge in [-0.1, -0.05) is 112 Å². The van der Waals surface area contributed by atoms with E-state index in [9.17, 15) is 15.0 Å². The molecule has 0 spiro atoms. The summed E-state index contributed by atoms with van der Waals surface area (Å²) in [6.45, 7) is 15.8. The first-order chi connectivity index (χ1) is 19.4. The fourth-order valence-corrected chi connectivity index (χ4v) is 6.35. The highest BCUT2D eigenvalue weighted by Crippen LogP contribution is 2.35. The van der Waals surface area contributed by atoms with Crippen LogP contribution < -0.4 is 0 Å². The number of unbranched alkanes of at least 4 members (excludes halogenated alkanes) is 5. The van der Waals surface area contributed by atoms with Gasteiger partial charge in [0.05, 0.1) is 23.7 Å². The molecule has 0 fully saturated rings. The van der Waals surface area contributed by atoms with Crippen molar-refractivity contribution in [3.63, 3.8) is 0 Å². The molecule has 5 nitrogen and oxygen atoms in total. The molecule has 0 aromatic rings. The Balaban J connectivity index is 2.32. The number of rotatable bonds is 24. The van der Waals surface area contributed by atoms with Crippen LogP contribution in [0.15, 0.2) is 11.6 Å². The number of aliphatic hydroxyl groups excluding tert-OH is 1. The molecule has 1 aliphatic carbocycles. The van der Waals surface area contributed by atoms with E-state index in [1.165, 1.54) is 56.9 Å². The highest BCUT2D eigenvalue weighted by molar-refractivity contribution is 5.69. The maximum absolute atomic E-state index is 11.0. The summed E-state index contributed by atoms with van der Waals surface area (Å²) in [7, 11) is 0. The van der Waals surface area contributed by atoms with Crippen LogP contribution in [0.3, 0.4) is 0 Å². The molecular weight excluding hydrogens is 512 g/mol. The molecule has 1 rings (SSSR count). The van der Waals surface area contributed by atoms with Crippen LogP contribution in [0, 0.1) is 29.6 Å². The number of ether oxygens (including phenoxy) is 1. The van der Waals surface area contributed by atoms with Gasteiger partial charge in [-0.25, -0.2) is 0 Å². The second-order valence-electron chi connectivity index (χ2n) is 14.2. The van der Waals surface area contributed by atoms with Gasteiger partial charge < -0.3 is 20.1 Å². The molecule has 0 aliphatic heterocycles. The Morgan fingerprint density at radius 1 is 0.854 bits per heavy atom. The van der Waals surface area contributed by atoms with E-state index in [4.69, 9.17) is 9.84 Å². The van der Waals surface area contributed by atoms with E-state index in [1.807, 2.05) is 6.92 Å². The zero-order valence-electron chi connectivity index (χ0n) is 28.0. The Labute approximate surface area is 253 Å². The van der Waals surface area contributed by atoms with Gasteiger partial charge in [-0.2, -0.15) is 0 Å². The van der Waals surface area contributed by atoms with Crippen molar-refractivity contribution in [3.8, 4) is 0 Å². The van der Waals surface area contributed by atoms with Crippen LogP contribution in [0.2, 0.25) is 0 Å². The second kappa shape index (κ2) is 20.9. The molecule has 0 radical (unpaired) electrons. The Morgan fingerprint density at radius 3 is 2.05 bits per heavy atom. The van der Waals surface area contributed by atoms with Crippen LogP contribution in [0.4, 0.5) is 0 Å². The number of hydrogen-bond donors (Lipinski definition) is 3. The van der Waals surface area contributed by atoms with E-state index in [2.05, 4.69) is 40.7 Å². The second-order valence-corrected chi connectivity index (χ2v) is 14.2. The lowest BCUT2D eigenvalue weighted by Gasteiger charge is -2.38. The van der Waals surface area contributed by atoms with Crippen LogP contribution >= 0.6 is 0 Å². The SMILES string of the molecule is CCCCCCCCOC1C(CCC(C)CCCC(C)CCCC(C)(O)CCCC(C)C(=O)O)=CC(O)C(C)C1C. The molecule has 8 atom stereocenters. The maximum Gasteiger partial charge on any atom is 0.306 e. The van der Waals surface area contributed by atoms with Crippen molar-refractivity contribution in [1.82, 2.24) is 0 Å². The molecule has 0 aromatic heterocycles.